The third kappa shape index (κ3) is 2.82. The molecule has 0 saturated carbocycles. The van der Waals surface area contributed by atoms with E-state index >= 15 is 0 Å². The molecule has 0 spiro atoms. The first-order valence-corrected chi connectivity index (χ1v) is 6.08. The van der Waals surface area contributed by atoms with Crippen molar-refractivity contribution in [3.8, 4) is 5.75 Å². The molecule has 0 aliphatic carbocycles. The van der Waals surface area contributed by atoms with E-state index in [-0.39, 0.29) is 5.78 Å². The number of carbonyl (C=O) groups excluding carboxylic acids is 1. The zero-order chi connectivity index (χ0) is 12.3. The zero-order valence-electron chi connectivity index (χ0n) is 9.18. The second kappa shape index (κ2) is 5.27. The third-order valence-electron chi connectivity index (χ3n) is 2.30. The quantitative estimate of drug-likeness (QED) is 0.638. The predicted molar refractivity (Wildman–Crippen MR) is 73.4 cm³/mol. The molecular formula is C13H10INO2. The first kappa shape index (κ1) is 12.0. The smallest absolute Gasteiger partial charge is 0.194 e. The molecule has 0 atom stereocenters. The van der Waals surface area contributed by atoms with Gasteiger partial charge in [0.05, 0.1) is 13.3 Å². The summed E-state index contributed by atoms with van der Waals surface area (Å²) in [5.41, 5.74) is 1.19. The molecule has 0 saturated heterocycles. The van der Waals surface area contributed by atoms with Crippen LogP contribution >= 0.6 is 22.6 Å². The van der Waals surface area contributed by atoms with E-state index in [0.717, 1.165) is 3.57 Å². The summed E-state index contributed by atoms with van der Waals surface area (Å²) in [6.07, 6.45) is 3.12. The fraction of sp³-hybridized carbons (Fsp3) is 0.0769. The van der Waals surface area contributed by atoms with Crippen molar-refractivity contribution in [3.05, 3.63) is 57.4 Å². The summed E-state index contributed by atoms with van der Waals surface area (Å²) in [4.78, 5) is 16.1. The van der Waals surface area contributed by atoms with Gasteiger partial charge >= 0.3 is 0 Å². The Morgan fingerprint density at radius 1 is 1.24 bits per heavy atom. The number of aromatic nitrogens is 1. The monoisotopic (exact) mass is 339 g/mol. The molecule has 1 heterocycles. The van der Waals surface area contributed by atoms with Crippen LogP contribution in [-0.2, 0) is 0 Å². The first-order valence-electron chi connectivity index (χ1n) is 5.00. The van der Waals surface area contributed by atoms with Crippen LogP contribution in [0, 0.1) is 3.57 Å². The number of halogens is 1. The Morgan fingerprint density at radius 2 is 2.06 bits per heavy atom. The van der Waals surface area contributed by atoms with Crippen LogP contribution in [0.2, 0.25) is 0 Å². The van der Waals surface area contributed by atoms with Crippen LogP contribution in [0.25, 0.3) is 0 Å². The molecule has 0 N–H and O–H groups in total. The maximum Gasteiger partial charge on any atom is 0.194 e. The van der Waals surface area contributed by atoms with E-state index in [1.165, 1.54) is 0 Å². The number of methoxy groups -OCH3 is 1. The second-order valence-corrected chi connectivity index (χ2v) is 4.70. The largest absolute Gasteiger partial charge is 0.495 e. The van der Waals surface area contributed by atoms with Gasteiger partial charge in [0.1, 0.15) is 5.75 Å². The van der Waals surface area contributed by atoms with Gasteiger partial charge in [-0.1, -0.05) is 12.1 Å². The molecule has 0 unspecified atom stereocenters. The van der Waals surface area contributed by atoms with Crippen LogP contribution in [0.3, 0.4) is 0 Å². The van der Waals surface area contributed by atoms with Crippen LogP contribution in [0.1, 0.15) is 15.9 Å². The van der Waals surface area contributed by atoms with Crippen LogP contribution in [0.15, 0.2) is 42.7 Å². The lowest BCUT2D eigenvalue weighted by Crippen LogP contribution is -2.02. The van der Waals surface area contributed by atoms with Crippen molar-refractivity contribution in [2.75, 3.05) is 7.11 Å². The highest BCUT2D eigenvalue weighted by Gasteiger charge is 2.10. The molecule has 0 amide bonds. The van der Waals surface area contributed by atoms with Crippen molar-refractivity contribution in [2.24, 2.45) is 0 Å². The van der Waals surface area contributed by atoms with Gasteiger partial charge in [0.2, 0.25) is 0 Å². The Kier molecular flexibility index (Phi) is 3.73. The topological polar surface area (TPSA) is 39.2 Å². The fourth-order valence-electron chi connectivity index (χ4n) is 1.45. The molecule has 2 aromatic rings. The summed E-state index contributed by atoms with van der Waals surface area (Å²) in [7, 11) is 1.55. The molecule has 4 heteroatoms. The van der Waals surface area contributed by atoms with Gasteiger partial charge in [0.25, 0.3) is 0 Å². The molecule has 0 radical (unpaired) electrons. The minimum atomic E-state index is -0.0464. The maximum atomic E-state index is 12.2. The highest BCUT2D eigenvalue weighted by Crippen LogP contribution is 2.16. The molecular weight excluding hydrogens is 329 g/mol. The van der Waals surface area contributed by atoms with Crippen LogP contribution in [0.5, 0.6) is 5.75 Å². The van der Waals surface area contributed by atoms with Gasteiger partial charge < -0.3 is 4.74 Å². The molecule has 0 aliphatic rings. The highest BCUT2D eigenvalue weighted by atomic mass is 127. The number of carbonyl (C=O) groups is 1. The number of rotatable bonds is 3. The number of hydrogen-bond donors (Lipinski definition) is 0. The van der Waals surface area contributed by atoms with E-state index in [1.807, 2.05) is 18.2 Å². The number of pyridine rings is 1. The number of benzene rings is 1. The Bertz CT molecular complexity index is 555. The lowest BCUT2D eigenvalue weighted by molar-refractivity contribution is 0.103. The number of hydrogen-bond acceptors (Lipinski definition) is 3. The van der Waals surface area contributed by atoms with Crippen molar-refractivity contribution >= 4 is 28.4 Å². The van der Waals surface area contributed by atoms with Gasteiger partial charge in [-0.05, 0) is 40.8 Å². The summed E-state index contributed by atoms with van der Waals surface area (Å²) in [5, 5.41) is 0. The molecule has 3 nitrogen and oxygen atoms in total. The van der Waals surface area contributed by atoms with Gasteiger partial charge in [-0.15, -0.1) is 0 Å². The van der Waals surface area contributed by atoms with E-state index < -0.39 is 0 Å². The molecule has 86 valence electrons. The molecule has 0 fully saturated rings. The van der Waals surface area contributed by atoms with Gasteiger partial charge in [0, 0.05) is 20.9 Å². The normalized spacial score (nSPS) is 10.0. The van der Waals surface area contributed by atoms with Crippen molar-refractivity contribution in [1.29, 1.82) is 0 Å². The van der Waals surface area contributed by atoms with Gasteiger partial charge in [-0.25, -0.2) is 0 Å². The van der Waals surface area contributed by atoms with Crippen LogP contribution in [-0.4, -0.2) is 17.9 Å². The second-order valence-electron chi connectivity index (χ2n) is 3.45. The molecule has 17 heavy (non-hydrogen) atoms. The maximum absolute atomic E-state index is 12.2. The summed E-state index contributed by atoms with van der Waals surface area (Å²) in [6.45, 7) is 0. The van der Waals surface area contributed by atoms with Crippen molar-refractivity contribution in [3.63, 3.8) is 0 Å². The van der Waals surface area contributed by atoms with Gasteiger partial charge in [-0.3, -0.25) is 9.78 Å². The lowest BCUT2D eigenvalue weighted by Gasteiger charge is -2.03. The van der Waals surface area contributed by atoms with E-state index in [4.69, 9.17) is 4.74 Å². The fourth-order valence-corrected chi connectivity index (χ4v) is 1.99. The SMILES string of the molecule is COc1cncc(C(=O)c2cccc(I)c2)c1. The standard InChI is InChI=1S/C13H10INO2/c1-17-12-6-10(7-15-8-12)13(16)9-3-2-4-11(14)5-9/h2-8H,1H3. The van der Waals surface area contributed by atoms with E-state index in [1.54, 1.807) is 31.6 Å². The Morgan fingerprint density at radius 3 is 2.76 bits per heavy atom. The summed E-state index contributed by atoms with van der Waals surface area (Å²) in [5.74, 6) is 0.538. The Hall–Kier alpha value is -1.43. The molecule has 1 aromatic carbocycles. The van der Waals surface area contributed by atoms with Crippen LogP contribution < -0.4 is 4.74 Å². The van der Waals surface area contributed by atoms with Gasteiger partial charge in [0.15, 0.2) is 5.78 Å². The molecule has 0 aliphatic heterocycles. The molecule has 0 bridgehead atoms. The third-order valence-corrected chi connectivity index (χ3v) is 2.97. The van der Waals surface area contributed by atoms with E-state index in [0.29, 0.717) is 16.9 Å². The number of nitrogens with zero attached hydrogens (tertiary/aromatic N) is 1. The Labute approximate surface area is 113 Å². The Balaban J connectivity index is 2.36. The average molecular weight is 339 g/mol. The first-order chi connectivity index (χ1) is 8.20. The molecule has 2 rings (SSSR count). The van der Waals surface area contributed by atoms with Crippen molar-refractivity contribution in [1.82, 2.24) is 4.98 Å². The lowest BCUT2D eigenvalue weighted by atomic mass is 10.1. The van der Waals surface area contributed by atoms with Crippen LogP contribution in [0.4, 0.5) is 0 Å². The summed E-state index contributed by atoms with van der Waals surface area (Å²) in [6, 6.07) is 9.14. The molecule has 1 aromatic heterocycles. The zero-order valence-corrected chi connectivity index (χ0v) is 11.3. The van der Waals surface area contributed by atoms with Gasteiger partial charge in [-0.2, -0.15) is 0 Å². The van der Waals surface area contributed by atoms with E-state index in [9.17, 15) is 4.79 Å². The average Bonchev–Trinajstić information content (AvgIpc) is 2.38. The van der Waals surface area contributed by atoms with Crippen molar-refractivity contribution < 1.29 is 9.53 Å². The van der Waals surface area contributed by atoms with E-state index in [2.05, 4.69) is 27.6 Å². The summed E-state index contributed by atoms with van der Waals surface area (Å²) >= 11 is 2.18. The summed E-state index contributed by atoms with van der Waals surface area (Å²) < 4.78 is 6.08. The van der Waals surface area contributed by atoms with Crippen molar-refractivity contribution in [2.45, 2.75) is 0 Å². The number of ether oxygens (including phenoxy) is 1. The number of ketones is 1. The minimum Gasteiger partial charge on any atom is -0.495 e. The minimum absolute atomic E-state index is 0.0464. The highest BCUT2D eigenvalue weighted by molar-refractivity contribution is 14.1. The predicted octanol–water partition coefficient (Wildman–Crippen LogP) is 2.93.